The first-order valence-corrected chi connectivity index (χ1v) is 17.4. The third kappa shape index (κ3) is 4.56. The summed E-state index contributed by atoms with van der Waals surface area (Å²) in [6.07, 6.45) is 4.33. The van der Waals surface area contributed by atoms with Crippen LogP contribution in [0.4, 0.5) is 28.8 Å². The molecule has 2 aromatic carbocycles. The SMILES string of the molecule is N#Cc1c(N)sc2c(F)ccc(-c3c(Cl)cc4c(N5CCC6C5CN6C(=O)n5cncn5)nc(OC[C@@]56CCCN5C[C@H](F)C6)nc4c3F)c12. The number of ether oxygens (including phenoxy) is 1. The van der Waals surface area contributed by atoms with Crippen LogP contribution >= 0.6 is 22.9 Å². The molecule has 3 aromatic heterocycles. The first-order valence-electron chi connectivity index (χ1n) is 16.2. The van der Waals surface area contributed by atoms with E-state index in [1.54, 1.807) is 11.0 Å². The van der Waals surface area contributed by atoms with Gasteiger partial charge >= 0.3 is 12.0 Å². The number of fused-ring (bicyclic) bond motifs is 4. The van der Waals surface area contributed by atoms with E-state index in [-0.39, 0.29) is 73.0 Å². The van der Waals surface area contributed by atoms with Crippen LogP contribution in [0.2, 0.25) is 5.02 Å². The fourth-order valence-electron chi connectivity index (χ4n) is 8.39. The zero-order chi connectivity index (χ0) is 34.5. The third-order valence-corrected chi connectivity index (χ3v) is 12.0. The number of carbonyl (C=O) groups excluding carboxylic acids is 1. The maximum Gasteiger partial charge on any atom is 0.346 e. The van der Waals surface area contributed by atoms with Gasteiger partial charge in [0.25, 0.3) is 0 Å². The van der Waals surface area contributed by atoms with E-state index in [1.165, 1.54) is 29.5 Å². The standard InChI is InChI=1S/C33H28ClF3N10O2S/c34-20-8-18-27(26(37)25(20)17-2-3-21(36)28-24(17)19(10-38)29(39)50-28)42-31(49-13-33-5-1-6-44(33)11-16(35)9-33)43-30(18)45-7-4-22-23(45)12-46(22)32(48)47-15-40-14-41-47/h2-3,8,14-16,22-23H,1,4-7,9,11-13,39H2/t16-,22?,23?,33+/m1/s1. The topological polar surface area (TPSA) is 142 Å². The van der Waals surface area contributed by atoms with Gasteiger partial charge in [-0.1, -0.05) is 17.7 Å². The number of alkyl halides is 1. The van der Waals surface area contributed by atoms with Crippen molar-refractivity contribution < 1.29 is 22.7 Å². The van der Waals surface area contributed by atoms with Gasteiger partial charge in [0.15, 0.2) is 5.82 Å². The number of rotatable bonds is 5. The minimum Gasteiger partial charge on any atom is -0.461 e. The molecule has 0 saturated carbocycles. The highest BCUT2D eigenvalue weighted by Crippen LogP contribution is 2.47. The van der Waals surface area contributed by atoms with E-state index in [2.05, 4.69) is 20.0 Å². The summed E-state index contributed by atoms with van der Waals surface area (Å²) in [5.74, 6) is -1.02. The number of aromatic nitrogens is 5. The lowest BCUT2D eigenvalue weighted by atomic mass is 9.95. The number of halogens is 4. The molecule has 1 amide bonds. The van der Waals surface area contributed by atoms with Gasteiger partial charge < -0.3 is 20.3 Å². The number of anilines is 2. The fraction of sp³-hybridized carbons (Fsp3) is 0.394. The Labute approximate surface area is 291 Å². The summed E-state index contributed by atoms with van der Waals surface area (Å²) < 4.78 is 54.1. The van der Waals surface area contributed by atoms with Crippen molar-refractivity contribution in [2.45, 2.75) is 49.5 Å². The lowest BCUT2D eigenvalue weighted by molar-refractivity contribution is 0.105. The monoisotopic (exact) mass is 720 g/mol. The number of hydrogen-bond donors (Lipinski definition) is 1. The normalized spacial score (nSPS) is 24.5. The lowest BCUT2D eigenvalue weighted by Gasteiger charge is -2.46. The predicted molar refractivity (Wildman–Crippen MR) is 180 cm³/mol. The molecule has 256 valence electrons. The van der Waals surface area contributed by atoms with Crippen molar-refractivity contribution in [1.82, 2.24) is 34.5 Å². The average Bonchev–Trinajstić information content (AvgIpc) is 3.90. The van der Waals surface area contributed by atoms with Gasteiger partial charge in [-0.2, -0.15) is 25.0 Å². The maximum absolute atomic E-state index is 17.1. The van der Waals surface area contributed by atoms with Crippen molar-refractivity contribution >= 4 is 60.8 Å². The smallest absolute Gasteiger partial charge is 0.346 e. The van der Waals surface area contributed by atoms with E-state index < -0.39 is 23.3 Å². The van der Waals surface area contributed by atoms with E-state index >= 15 is 4.39 Å². The van der Waals surface area contributed by atoms with Crippen molar-refractivity contribution in [2.24, 2.45) is 0 Å². The van der Waals surface area contributed by atoms with E-state index in [9.17, 15) is 18.8 Å². The van der Waals surface area contributed by atoms with Crippen LogP contribution in [0, 0.1) is 23.0 Å². The first-order chi connectivity index (χ1) is 24.2. The lowest BCUT2D eigenvalue weighted by Crippen LogP contribution is -2.64. The van der Waals surface area contributed by atoms with Gasteiger partial charge in [-0.25, -0.2) is 22.9 Å². The first kappa shape index (κ1) is 31.3. The molecule has 0 aliphatic carbocycles. The Morgan fingerprint density at radius 1 is 1.22 bits per heavy atom. The van der Waals surface area contributed by atoms with Crippen LogP contribution in [0.25, 0.3) is 32.1 Å². The summed E-state index contributed by atoms with van der Waals surface area (Å²) in [7, 11) is 0. The van der Waals surface area contributed by atoms with Crippen LogP contribution in [0.5, 0.6) is 6.01 Å². The molecule has 4 aliphatic heterocycles. The number of nitrogens with zero attached hydrogens (tertiary/aromatic N) is 9. The van der Waals surface area contributed by atoms with Crippen LogP contribution in [-0.4, -0.2) is 97.1 Å². The van der Waals surface area contributed by atoms with Gasteiger partial charge in [0.2, 0.25) is 0 Å². The number of hydrogen-bond acceptors (Lipinski definition) is 11. The Kier molecular flexibility index (Phi) is 7.13. The molecule has 12 nitrogen and oxygen atoms in total. The Balaban J connectivity index is 1.16. The molecule has 4 fully saturated rings. The van der Waals surface area contributed by atoms with Crippen LogP contribution in [0.3, 0.4) is 0 Å². The number of likely N-dealkylation sites (tertiary alicyclic amines) is 1. The van der Waals surface area contributed by atoms with Crippen molar-refractivity contribution in [2.75, 3.05) is 43.4 Å². The highest BCUT2D eigenvalue weighted by Gasteiger charge is 2.51. The average molecular weight is 721 g/mol. The van der Waals surface area contributed by atoms with Gasteiger partial charge in [0.05, 0.1) is 32.9 Å². The van der Waals surface area contributed by atoms with E-state index in [1.807, 2.05) is 11.0 Å². The number of thiophene rings is 1. The molecule has 0 spiro atoms. The second-order valence-corrected chi connectivity index (χ2v) is 14.7. The van der Waals surface area contributed by atoms with Crippen molar-refractivity contribution in [3.8, 4) is 23.2 Å². The highest BCUT2D eigenvalue weighted by atomic mass is 35.5. The number of nitrogen functional groups attached to an aromatic ring is 1. The van der Waals surface area contributed by atoms with Crippen molar-refractivity contribution in [3.05, 3.63) is 53.1 Å². The number of carbonyl (C=O) groups is 1. The molecule has 0 bridgehead atoms. The molecule has 2 N–H and O–H groups in total. The van der Waals surface area contributed by atoms with Crippen LogP contribution in [-0.2, 0) is 0 Å². The molecule has 50 heavy (non-hydrogen) atoms. The molecular formula is C33H28ClF3N10O2S. The van der Waals surface area contributed by atoms with Gasteiger partial charge in [-0.05, 0) is 43.5 Å². The number of nitriles is 1. The maximum atomic E-state index is 17.1. The molecule has 4 aliphatic rings. The minimum atomic E-state index is -0.963. The molecule has 4 saturated heterocycles. The van der Waals surface area contributed by atoms with Gasteiger partial charge in [0, 0.05) is 42.4 Å². The summed E-state index contributed by atoms with van der Waals surface area (Å²) in [5.41, 5.74) is 5.64. The summed E-state index contributed by atoms with van der Waals surface area (Å²) in [5, 5.41) is 14.4. The Morgan fingerprint density at radius 2 is 2.08 bits per heavy atom. The van der Waals surface area contributed by atoms with E-state index in [0.29, 0.717) is 43.7 Å². The van der Waals surface area contributed by atoms with Crippen LogP contribution < -0.4 is 15.4 Å². The Bertz CT molecular complexity index is 2260. The summed E-state index contributed by atoms with van der Waals surface area (Å²) in [6.45, 7) is 2.12. The van der Waals surface area contributed by atoms with Crippen LogP contribution in [0.15, 0.2) is 30.9 Å². The second kappa shape index (κ2) is 11.4. The second-order valence-electron chi connectivity index (χ2n) is 13.3. The summed E-state index contributed by atoms with van der Waals surface area (Å²) in [6, 6.07) is 5.50. The molecule has 4 atom stereocenters. The molecule has 2 unspecified atom stereocenters. The highest BCUT2D eigenvalue weighted by molar-refractivity contribution is 7.23. The van der Waals surface area contributed by atoms with Crippen molar-refractivity contribution in [1.29, 1.82) is 5.26 Å². The molecule has 7 heterocycles. The summed E-state index contributed by atoms with van der Waals surface area (Å²) in [4.78, 5) is 32.1. The Morgan fingerprint density at radius 3 is 2.88 bits per heavy atom. The Hall–Kier alpha value is -4.72. The molecule has 5 aromatic rings. The van der Waals surface area contributed by atoms with E-state index in [4.69, 9.17) is 27.1 Å². The summed E-state index contributed by atoms with van der Waals surface area (Å²) >= 11 is 7.77. The van der Waals surface area contributed by atoms with Crippen molar-refractivity contribution in [3.63, 3.8) is 0 Å². The number of amides is 1. The van der Waals surface area contributed by atoms with Gasteiger partial charge in [-0.3, -0.25) is 4.90 Å². The fourth-order valence-corrected chi connectivity index (χ4v) is 9.63. The molecular weight excluding hydrogens is 693 g/mol. The quantitative estimate of drug-likeness (QED) is 0.252. The molecule has 0 radical (unpaired) electrons. The van der Waals surface area contributed by atoms with Gasteiger partial charge in [0.1, 0.15) is 53.7 Å². The van der Waals surface area contributed by atoms with Gasteiger partial charge in [-0.15, -0.1) is 11.3 Å². The zero-order valence-corrected chi connectivity index (χ0v) is 27.9. The predicted octanol–water partition coefficient (Wildman–Crippen LogP) is 5.37. The number of nitrogens with two attached hydrogens (primary N) is 1. The third-order valence-electron chi connectivity index (χ3n) is 10.7. The minimum absolute atomic E-state index is 0.00265. The van der Waals surface area contributed by atoms with E-state index in [0.717, 1.165) is 30.7 Å². The molecule has 9 rings (SSSR count). The zero-order valence-electron chi connectivity index (χ0n) is 26.3. The molecule has 17 heteroatoms. The largest absolute Gasteiger partial charge is 0.461 e. The number of benzene rings is 2. The van der Waals surface area contributed by atoms with Crippen LogP contribution in [0.1, 0.15) is 31.2 Å².